The lowest BCUT2D eigenvalue weighted by Crippen LogP contribution is -2.00. The Morgan fingerprint density at radius 2 is 1.70 bits per heavy atom. The number of hydrogen-bond donors (Lipinski definition) is 1. The van der Waals surface area contributed by atoms with Gasteiger partial charge in [-0.1, -0.05) is 44.2 Å². The molecule has 20 heavy (non-hydrogen) atoms. The highest BCUT2D eigenvalue weighted by molar-refractivity contribution is 5.50. The third-order valence-electron chi connectivity index (χ3n) is 4.24. The molecular weight excluding hydrogens is 242 g/mol. The Morgan fingerprint density at radius 1 is 0.950 bits per heavy atom. The summed E-state index contributed by atoms with van der Waals surface area (Å²) in [6.07, 6.45) is 3.82. The summed E-state index contributed by atoms with van der Waals surface area (Å²) in [6, 6.07) is 15.8. The van der Waals surface area contributed by atoms with Crippen LogP contribution in [0.15, 0.2) is 42.5 Å². The van der Waals surface area contributed by atoms with Crippen LogP contribution < -0.4 is 5.32 Å². The molecule has 1 N–H and O–H groups in total. The van der Waals surface area contributed by atoms with Crippen molar-refractivity contribution in [1.82, 2.24) is 0 Å². The number of benzene rings is 2. The second-order valence-corrected chi connectivity index (χ2v) is 6.09. The number of fused-ring (bicyclic) bond motifs is 1. The maximum atomic E-state index is 3.54. The van der Waals surface area contributed by atoms with Gasteiger partial charge in [-0.25, -0.2) is 0 Å². The van der Waals surface area contributed by atoms with Gasteiger partial charge in [-0.15, -0.1) is 0 Å². The third kappa shape index (κ3) is 2.87. The van der Waals surface area contributed by atoms with Gasteiger partial charge in [0.15, 0.2) is 0 Å². The van der Waals surface area contributed by atoms with Gasteiger partial charge in [-0.3, -0.25) is 0 Å². The van der Waals surface area contributed by atoms with E-state index in [-0.39, 0.29) is 0 Å². The van der Waals surface area contributed by atoms with Crippen LogP contribution in [0.2, 0.25) is 0 Å². The summed E-state index contributed by atoms with van der Waals surface area (Å²) >= 11 is 0. The maximum absolute atomic E-state index is 3.54. The Hall–Kier alpha value is -1.76. The van der Waals surface area contributed by atoms with Crippen LogP contribution in [0.25, 0.3) is 0 Å². The van der Waals surface area contributed by atoms with E-state index in [9.17, 15) is 0 Å². The predicted octanol–water partition coefficient (Wildman–Crippen LogP) is 4.91. The number of hydrogen-bond acceptors (Lipinski definition) is 1. The molecule has 0 fully saturated rings. The molecule has 104 valence electrons. The molecule has 0 spiro atoms. The summed E-state index contributed by atoms with van der Waals surface area (Å²) in [5.41, 5.74) is 7.07. The van der Waals surface area contributed by atoms with Gasteiger partial charge in [0.25, 0.3) is 0 Å². The normalized spacial score (nSPS) is 13.6. The van der Waals surface area contributed by atoms with E-state index in [2.05, 4.69) is 61.6 Å². The predicted molar refractivity (Wildman–Crippen MR) is 86.3 cm³/mol. The monoisotopic (exact) mass is 265 g/mol. The molecule has 0 heterocycles. The fourth-order valence-corrected chi connectivity index (χ4v) is 2.91. The van der Waals surface area contributed by atoms with Crippen LogP contribution in [0.4, 0.5) is 5.69 Å². The first kappa shape index (κ1) is 13.2. The van der Waals surface area contributed by atoms with Crippen LogP contribution in [0.5, 0.6) is 0 Å². The Labute approximate surface area is 122 Å². The van der Waals surface area contributed by atoms with Gasteiger partial charge in [-0.2, -0.15) is 0 Å². The minimum absolute atomic E-state index is 0.605. The standard InChI is InChI=1S/C19H23N/c1-14(2)16-8-6-15(7-9-16)13-20-19-11-10-17-4-3-5-18(17)12-19/h6-12,14,20H,3-5,13H2,1-2H3. The van der Waals surface area contributed by atoms with Gasteiger partial charge in [0, 0.05) is 12.2 Å². The first-order valence-corrected chi connectivity index (χ1v) is 7.67. The molecule has 0 atom stereocenters. The molecule has 0 radical (unpaired) electrons. The molecule has 2 aromatic carbocycles. The van der Waals surface area contributed by atoms with Crippen molar-refractivity contribution in [2.24, 2.45) is 0 Å². The van der Waals surface area contributed by atoms with E-state index < -0.39 is 0 Å². The van der Waals surface area contributed by atoms with E-state index in [0.717, 1.165) is 6.54 Å². The van der Waals surface area contributed by atoms with E-state index in [1.54, 1.807) is 0 Å². The molecule has 1 aliphatic carbocycles. The molecule has 1 nitrogen and oxygen atoms in total. The van der Waals surface area contributed by atoms with E-state index in [1.807, 2.05) is 0 Å². The molecule has 1 aliphatic rings. The van der Waals surface area contributed by atoms with Gasteiger partial charge < -0.3 is 5.32 Å². The van der Waals surface area contributed by atoms with Crippen molar-refractivity contribution in [3.63, 3.8) is 0 Å². The molecule has 3 rings (SSSR count). The number of aryl methyl sites for hydroxylation is 2. The minimum Gasteiger partial charge on any atom is -0.381 e. The lowest BCUT2D eigenvalue weighted by atomic mass is 10.0. The van der Waals surface area contributed by atoms with Crippen LogP contribution in [0, 0.1) is 0 Å². The minimum atomic E-state index is 0.605. The summed E-state index contributed by atoms with van der Waals surface area (Å²) in [5, 5.41) is 3.54. The van der Waals surface area contributed by atoms with Crippen molar-refractivity contribution >= 4 is 5.69 Å². The Morgan fingerprint density at radius 3 is 2.45 bits per heavy atom. The van der Waals surface area contributed by atoms with Crippen molar-refractivity contribution in [1.29, 1.82) is 0 Å². The topological polar surface area (TPSA) is 12.0 Å². The third-order valence-corrected chi connectivity index (χ3v) is 4.24. The fraction of sp³-hybridized carbons (Fsp3) is 0.368. The van der Waals surface area contributed by atoms with Crippen LogP contribution in [-0.2, 0) is 19.4 Å². The molecule has 0 saturated carbocycles. The van der Waals surface area contributed by atoms with E-state index in [0.29, 0.717) is 5.92 Å². The van der Waals surface area contributed by atoms with Crippen molar-refractivity contribution in [2.75, 3.05) is 5.32 Å². The zero-order valence-electron chi connectivity index (χ0n) is 12.4. The molecule has 2 aromatic rings. The first-order chi connectivity index (χ1) is 9.72. The quantitative estimate of drug-likeness (QED) is 0.828. The van der Waals surface area contributed by atoms with Crippen molar-refractivity contribution in [3.8, 4) is 0 Å². The van der Waals surface area contributed by atoms with Crippen molar-refractivity contribution in [2.45, 2.75) is 45.6 Å². The highest BCUT2D eigenvalue weighted by atomic mass is 14.9. The molecule has 0 amide bonds. The van der Waals surface area contributed by atoms with E-state index in [4.69, 9.17) is 0 Å². The van der Waals surface area contributed by atoms with Crippen LogP contribution >= 0.6 is 0 Å². The maximum Gasteiger partial charge on any atom is 0.0400 e. The SMILES string of the molecule is CC(C)c1ccc(CNc2ccc3c(c2)CCC3)cc1. The van der Waals surface area contributed by atoms with Gasteiger partial charge in [0.05, 0.1) is 0 Å². The Bertz CT molecular complexity index is 581. The number of nitrogens with one attached hydrogen (secondary N) is 1. The van der Waals surface area contributed by atoms with Gasteiger partial charge in [0.2, 0.25) is 0 Å². The summed E-state index contributed by atoms with van der Waals surface area (Å²) in [7, 11) is 0. The summed E-state index contributed by atoms with van der Waals surface area (Å²) in [5.74, 6) is 0.605. The lowest BCUT2D eigenvalue weighted by Gasteiger charge is -2.10. The van der Waals surface area contributed by atoms with Crippen molar-refractivity contribution < 1.29 is 0 Å². The second-order valence-electron chi connectivity index (χ2n) is 6.09. The van der Waals surface area contributed by atoms with Gasteiger partial charge >= 0.3 is 0 Å². The van der Waals surface area contributed by atoms with Crippen LogP contribution in [0.1, 0.15) is 48.4 Å². The van der Waals surface area contributed by atoms with E-state index in [1.165, 1.54) is 47.2 Å². The van der Waals surface area contributed by atoms with E-state index >= 15 is 0 Å². The molecule has 0 bridgehead atoms. The Kier molecular flexibility index (Phi) is 3.77. The molecule has 0 saturated heterocycles. The van der Waals surface area contributed by atoms with Crippen LogP contribution in [0.3, 0.4) is 0 Å². The Balaban J connectivity index is 1.64. The van der Waals surface area contributed by atoms with Gasteiger partial charge in [0.1, 0.15) is 0 Å². The van der Waals surface area contributed by atoms with Gasteiger partial charge in [-0.05, 0) is 59.6 Å². The average Bonchev–Trinajstić information content (AvgIpc) is 2.93. The largest absolute Gasteiger partial charge is 0.381 e. The van der Waals surface area contributed by atoms with Crippen LogP contribution in [-0.4, -0.2) is 0 Å². The van der Waals surface area contributed by atoms with Crippen molar-refractivity contribution in [3.05, 3.63) is 64.7 Å². The number of rotatable bonds is 4. The fourth-order valence-electron chi connectivity index (χ4n) is 2.91. The molecule has 0 aromatic heterocycles. The molecule has 0 aliphatic heterocycles. The second kappa shape index (κ2) is 5.70. The summed E-state index contributed by atoms with van der Waals surface area (Å²) in [6.45, 7) is 5.37. The molecule has 1 heteroatoms. The molecular formula is C19H23N. The number of anilines is 1. The summed E-state index contributed by atoms with van der Waals surface area (Å²) in [4.78, 5) is 0. The smallest absolute Gasteiger partial charge is 0.0400 e. The highest BCUT2D eigenvalue weighted by Gasteiger charge is 2.10. The average molecular weight is 265 g/mol. The molecule has 0 unspecified atom stereocenters. The zero-order valence-corrected chi connectivity index (χ0v) is 12.4. The zero-order chi connectivity index (χ0) is 13.9. The first-order valence-electron chi connectivity index (χ1n) is 7.67. The lowest BCUT2D eigenvalue weighted by molar-refractivity contribution is 0.865. The highest BCUT2D eigenvalue weighted by Crippen LogP contribution is 2.25. The summed E-state index contributed by atoms with van der Waals surface area (Å²) < 4.78 is 0.